The summed E-state index contributed by atoms with van der Waals surface area (Å²) in [6, 6.07) is 15.9. The van der Waals surface area contributed by atoms with Gasteiger partial charge in [0, 0.05) is 24.3 Å². The minimum absolute atomic E-state index is 0.0523. The minimum atomic E-state index is -3.83. The van der Waals surface area contributed by atoms with Crippen LogP contribution in [0.25, 0.3) is 0 Å². The largest absolute Gasteiger partial charge is 0.322 e. The maximum Gasteiger partial charge on any atom is 0.261 e. The Morgan fingerprint density at radius 3 is 2.08 bits per heavy atom. The number of amides is 1. The van der Waals surface area contributed by atoms with E-state index in [-0.39, 0.29) is 15.4 Å². The molecule has 1 amide bonds. The summed E-state index contributed by atoms with van der Waals surface area (Å²) in [5.41, 5.74) is 3.50. The van der Waals surface area contributed by atoms with Crippen LogP contribution in [0.5, 0.6) is 0 Å². The molecule has 1 aliphatic rings. The summed E-state index contributed by atoms with van der Waals surface area (Å²) in [5, 5.41) is 2.75. The Kier molecular flexibility index (Phi) is 7.96. The van der Waals surface area contributed by atoms with E-state index in [4.69, 9.17) is 0 Å². The molecular weight excluding hydrogens is 522 g/mol. The summed E-state index contributed by atoms with van der Waals surface area (Å²) in [6.07, 6.45) is 1.62. The van der Waals surface area contributed by atoms with Gasteiger partial charge >= 0.3 is 0 Å². The molecule has 0 aliphatic carbocycles. The van der Waals surface area contributed by atoms with Crippen LogP contribution in [0, 0.1) is 26.7 Å². The van der Waals surface area contributed by atoms with E-state index in [2.05, 4.69) is 17.0 Å². The number of aryl methyl sites for hydroxylation is 3. The predicted molar refractivity (Wildman–Crippen MR) is 149 cm³/mol. The second-order valence-electron chi connectivity index (χ2n) is 9.97. The van der Waals surface area contributed by atoms with Crippen molar-refractivity contribution in [3.8, 4) is 0 Å². The van der Waals surface area contributed by atoms with Gasteiger partial charge in [0.25, 0.3) is 15.9 Å². The van der Waals surface area contributed by atoms with Crippen LogP contribution in [0.3, 0.4) is 0 Å². The average Bonchev–Trinajstić information content (AvgIpc) is 2.87. The second kappa shape index (κ2) is 10.9. The molecule has 0 saturated carbocycles. The van der Waals surface area contributed by atoms with Gasteiger partial charge in [0.1, 0.15) is 0 Å². The number of rotatable bonds is 7. The highest BCUT2D eigenvalue weighted by molar-refractivity contribution is 7.92. The minimum Gasteiger partial charge on any atom is -0.322 e. The van der Waals surface area contributed by atoms with Gasteiger partial charge < -0.3 is 5.32 Å². The van der Waals surface area contributed by atoms with E-state index in [1.807, 2.05) is 26.0 Å². The van der Waals surface area contributed by atoms with E-state index in [0.29, 0.717) is 35.9 Å². The van der Waals surface area contributed by atoms with Gasteiger partial charge in [-0.05, 0) is 98.7 Å². The van der Waals surface area contributed by atoms with Crippen LogP contribution in [0.15, 0.2) is 70.5 Å². The number of hydrogen-bond acceptors (Lipinski definition) is 5. The van der Waals surface area contributed by atoms with E-state index in [0.717, 1.165) is 24.0 Å². The Morgan fingerprint density at radius 1 is 0.816 bits per heavy atom. The molecular formula is C28H33N3O5S2. The zero-order valence-electron chi connectivity index (χ0n) is 22.0. The first kappa shape index (κ1) is 27.8. The summed E-state index contributed by atoms with van der Waals surface area (Å²) in [6.45, 7) is 8.49. The van der Waals surface area contributed by atoms with Crippen molar-refractivity contribution in [1.29, 1.82) is 0 Å². The topological polar surface area (TPSA) is 113 Å². The fourth-order valence-electron chi connectivity index (χ4n) is 4.35. The number of hydrogen-bond donors (Lipinski definition) is 2. The van der Waals surface area contributed by atoms with E-state index < -0.39 is 26.0 Å². The van der Waals surface area contributed by atoms with Crippen molar-refractivity contribution >= 4 is 37.3 Å². The second-order valence-corrected chi connectivity index (χ2v) is 13.6. The first-order valence-electron chi connectivity index (χ1n) is 12.5. The Bertz CT molecular complexity index is 1560. The van der Waals surface area contributed by atoms with Crippen molar-refractivity contribution in [2.45, 2.75) is 50.3 Å². The SMILES string of the molecule is Cc1ccc(C)c(NS(=O)(=O)c2ccc(NC(=O)c3cc(S(=O)(=O)N4CCC(C)CC4)ccc3C)cc2)c1. The summed E-state index contributed by atoms with van der Waals surface area (Å²) in [5.74, 6) is 0.0144. The monoisotopic (exact) mass is 555 g/mol. The van der Waals surface area contributed by atoms with Gasteiger partial charge in [-0.15, -0.1) is 0 Å². The highest BCUT2D eigenvalue weighted by Crippen LogP contribution is 2.26. The Balaban J connectivity index is 1.50. The van der Waals surface area contributed by atoms with E-state index in [1.54, 1.807) is 19.1 Å². The molecule has 3 aromatic carbocycles. The lowest BCUT2D eigenvalue weighted by molar-refractivity contribution is 0.102. The van der Waals surface area contributed by atoms with Crippen LogP contribution >= 0.6 is 0 Å². The van der Waals surface area contributed by atoms with Gasteiger partial charge in [-0.2, -0.15) is 4.31 Å². The lowest BCUT2D eigenvalue weighted by atomic mass is 10.0. The van der Waals surface area contributed by atoms with Gasteiger partial charge in [-0.25, -0.2) is 16.8 Å². The van der Waals surface area contributed by atoms with Crippen molar-refractivity contribution in [2.75, 3.05) is 23.1 Å². The fraction of sp³-hybridized carbons (Fsp3) is 0.321. The first-order valence-corrected chi connectivity index (χ1v) is 15.4. The summed E-state index contributed by atoms with van der Waals surface area (Å²) < 4.78 is 56.2. The van der Waals surface area contributed by atoms with Crippen molar-refractivity contribution < 1.29 is 21.6 Å². The molecule has 0 aromatic heterocycles. The van der Waals surface area contributed by atoms with Crippen molar-refractivity contribution in [3.05, 3.63) is 82.9 Å². The third kappa shape index (κ3) is 6.09. The summed E-state index contributed by atoms with van der Waals surface area (Å²) >= 11 is 0. The van der Waals surface area contributed by atoms with E-state index in [9.17, 15) is 21.6 Å². The molecule has 0 spiro atoms. The molecule has 3 aromatic rings. The molecule has 202 valence electrons. The van der Waals surface area contributed by atoms with Crippen molar-refractivity contribution in [2.24, 2.45) is 5.92 Å². The molecule has 0 atom stereocenters. The quantitative estimate of drug-likeness (QED) is 0.422. The van der Waals surface area contributed by atoms with E-state index in [1.165, 1.54) is 40.7 Å². The number of piperidine rings is 1. The molecule has 1 fully saturated rings. The predicted octanol–water partition coefficient (Wildman–Crippen LogP) is 5.09. The van der Waals surface area contributed by atoms with Gasteiger partial charge in [-0.1, -0.05) is 25.1 Å². The molecule has 1 aliphatic heterocycles. The standard InChI is InChI=1S/C28H33N3O5S2/c1-19-13-15-31(16-14-19)38(35,36)25-10-7-21(3)26(18-25)28(32)29-23-8-11-24(12-9-23)37(33,34)30-27-17-20(2)5-6-22(27)4/h5-12,17-19,30H,13-16H2,1-4H3,(H,29,32). The lowest BCUT2D eigenvalue weighted by Gasteiger charge is -2.29. The molecule has 0 radical (unpaired) electrons. The number of nitrogens with zero attached hydrogens (tertiary/aromatic N) is 1. The summed E-state index contributed by atoms with van der Waals surface area (Å²) in [7, 11) is -7.53. The molecule has 1 heterocycles. The molecule has 4 rings (SSSR count). The molecule has 0 unspecified atom stereocenters. The van der Waals surface area contributed by atoms with Crippen LogP contribution in [0.1, 0.15) is 46.8 Å². The fourth-order valence-corrected chi connectivity index (χ4v) is 6.96. The lowest BCUT2D eigenvalue weighted by Crippen LogP contribution is -2.38. The number of carbonyl (C=O) groups excluding carboxylic acids is 1. The number of benzene rings is 3. The number of sulfonamides is 2. The smallest absolute Gasteiger partial charge is 0.261 e. The molecule has 1 saturated heterocycles. The number of anilines is 2. The zero-order chi connectivity index (χ0) is 27.7. The maximum absolute atomic E-state index is 13.2. The van der Waals surface area contributed by atoms with E-state index >= 15 is 0 Å². The molecule has 2 N–H and O–H groups in total. The highest BCUT2D eigenvalue weighted by atomic mass is 32.2. The van der Waals surface area contributed by atoms with Gasteiger partial charge in [0.15, 0.2) is 0 Å². The zero-order valence-corrected chi connectivity index (χ0v) is 23.6. The van der Waals surface area contributed by atoms with Gasteiger partial charge in [0.2, 0.25) is 10.0 Å². The van der Waals surface area contributed by atoms with Crippen LogP contribution < -0.4 is 10.0 Å². The molecule has 10 heteroatoms. The molecule has 8 nitrogen and oxygen atoms in total. The number of nitrogens with one attached hydrogen (secondary N) is 2. The molecule has 38 heavy (non-hydrogen) atoms. The van der Waals surface area contributed by atoms with Crippen LogP contribution in [-0.2, 0) is 20.0 Å². The van der Waals surface area contributed by atoms with Crippen molar-refractivity contribution in [1.82, 2.24) is 4.31 Å². The third-order valence-electron chi connectivity index (χ3n) is 6.89. The van der Waals surface area contributed by atoms with Crippen LogP contribution in [0.2, 0.25) is 0 Å². The van der Waals surface area contributed by atoms with Crippen molar-refractivity contribution in [3.63, 3.8) is 0 Å². The number of carbonyl (C=O) groups is 1. The average molecular weight is 556 g/mol. The first-order chi connectivity index (χ1) is 17.9. The Labute approximate surface area is 225 Å². The maximum atomic E-state index is 13.2. The van der Waals surface area contributed by atoms with Crippen LogP contribution in [0.4, 0.5) is 11.4 Å². The Morgan fingerprint density at radius 2 is 1.42 bits per heavy atom. The Hall–Kier alpha value is -3.21. The van der Waals surface area contributed by atoms with Crippen LogP contribution in [-0.4, -0.2) is 40.1 Å². The third-order valence-corrected chi connectivity index (χ3v) is 10.2. The highest BCUT2D eigenvalue weighted by Gasteiger charge is 2.29. The normalized spacial score (nSPS) is 15.3. The van der Waals surface area contributed by atoms with Gasteiger partial charge in [-0.3, -0.25) is 9.52 Å². The summed E-state index contributed by atoms with van der Waals surface area (Å²) in [4.78, 5) is 13.2. The van der Waals surface area contributed by atoms with Gasteiger partial charge in [0.05, 0.1) is 15.5 Å². The molecule has 0 bridgehead atoms.